The minimum Gasteiger partial charge on any atom is -0.378 e. The molecule has 0 spiro atoms. The highest BCUT2D eigenvalue weighted by Gasteiger charge is 2.47. The molecule has 0 N–H and O–H groups in total. The molecule has 452 valence electrons. The number of unbranched alkanes of at least 4 members (excludes halogenated alkanes) is 30. The minimum absolute atomic E-state index is 0.0165. The maximum Gasteiger partial charge on any atom is 0.261 e. The van der Waals surface area contributed by atoms with E-state index in [-0.39, 0.29) is 11.8 Å². The van der Waals surface area contributed by atoms with Crippen LogP contribution >= 0.6 is 45.3 Å². The number of thiophene rings is 4. The molecule has 0 saturated carbocycles. The van der Waals surface area contributed by atoms with E-state index in [0.717, 1.165) is 67.3 Å². The number of nitrogens with zero attached hydrogens (tertiary/aromatic N) is 2. The number of allylic oxidation sites excluding steroid dienone is 1. The standard InChI is InChI=1S/C72H112N2O3S4/c1-7-10-13-16-19-21-23-25-28-35-42-57(4)43-36-30-32-40-55-74-70(67-53-52-66(81-67)65-51-50-64(80-65)63-49-48-62(79-63)61-47-46-58(5)78-61)69-68(71(74)75)59(6)73(72(69)76)54-39-33-31-38-45-60(77-56-41-34-27-18-15-12-9-3)44-37-29-26-24-22-20-17-14-11-8-2/h46-53,57,60H,7-45,54-56H2,1-6H3. The quantitative estimate of drug-likeness (QED) is 0.0414. The van der Waals surface area contributed by atoms with Crippen molar-refractivity contribution in [2.45, 2.75) is 298 Å². The van der Waals surface area contributed by atoms with Gasteiger partial charge in [-0.25, -0.2) is 0 Å². The first-order valence-electron chi connectivity index (χ1n) is 33.8. The fourth-order valence-electron chi connectivity index (χ4n) is 12.4. The molecule has 0 fully saturated rings. The van der Waals surface area contributed by atoms with Gasteiger partial charge in [0.15, 0.2) is 0 Å². The SMILES string of the molecule is CCCCCCCCCCCCC(C)CCCCCCN1C(=O)C2=C(C)N(CCCCCCC(CCCCCCCCCCCC)OCCCCCCCCC)C(=O)C2=C1c1ccc(-c2ccc(-c3ccc(-c4ccc(C)s4)s3)s2)s1. The van der Waals surface area contributed by atoms with Gasteiger partial charge in [-0.15, -0.1) is 45.3 Å². The van der Waals surface area contributed by atoms with Crippen LogP contribution in [0.25, 0.3) is 35.0 Å². The zero-order valence-electron chi connectivity index (χ0n) is 52.2. The molecule has 5 nitrogen and oxygen atoms in total. The average Bonchev–Trinajstić information content (AvgIpc) is 4.30. The van der Waals surface area contributed by atoms with Crippen LogP contribution in [-0.2, 0) is 14.3 Å². The highest BCUT2D eigenvalue weighted by Crippen LogP contribution is 2.48. The predicted octanol–water partition coefficient (Wildman–Crippen LogP) is 24.2. The summed E-state index contributed by atoms with van der Waals surface area (Å²) in [6, 6.07) is 17.9. The summed E-state index contributed by atoms with van der Waals surface area (Å²) in [6.07, 6.45) is 51.1. The van der Waals surface area contributed by atoms with E-state index in [9.17, 15) is 9.59 Å². The van der Waals surface area contributed by atoms with E-state index in [2.05, 4.69) is 83.1 Å². The van der Waals surface area contributed by atoms with Crippen LogP contribution in [0.2, 0.25) is 0 Å². The third kappa shape index (κ3) is 23.2. The van der Waals surface area contributed by atoms with Crippen molar-refractivity contribution >= 4 is 62.9 Å². The Bertz CT molecular complexity index is 2410. The molecule has 2 unspecified atom stereocenters. The molecule has 6 heterocycles. The van der Waals surface area contributed by atoms with E-state index in [4.69, 9.17) is 4.74 Å². The second-order valence-corrected chi connectivity index (χ2v) is 29.1. The number of amides is 2. The van der Waals surface area contributed by atoms with Gasteiger partial charge < -0.3 is 14.5 Å². The molecule has 0 saturated heterocycles. The molecule has 81 heavy (non-hydrogen) atoms. The Labute approximate surface area is 511 Å². The number of fused-ring (bicyclic) bond motifs is 1. The van der Waals surface area contributed by atoms with E-state index >= 15 is 0 Å². The van der Waals surface area contributed by atoms with Gasteiger partial charge in [-0.2, -0.15) is 0 Å². The lowest BCUT2D eigenvalue weighted by atomic mass is 9.96. The molecular weight excluding hydrogens is 1070 g/mol. The Hall–Kier alpha value is -2.82. The maximum absolute atomic E-state index is 14.8. The summed E-state index contributed by atoms with van der Waals surface area (Å²) in [7, 11) is 0. The van der Waals surface area contributed by atoms with E-state index in [1.807, 2.05) is 50.7 Å². The van der Waals surface area contributed by atoms with Crippen molar-refractivity contribution < 1.29 is 14.3 Å². The molecule has 2 aliphatic heterocycles. The van der Waals surface area contributed by atoms with Gasteiger partial charge in [0, 0.05) is 59.5 Å². The van der Waals surface area contributed by atoms with Gasteiger partial charge in [-0.05, 0) is 100 Å². The summed E-state index contributed by atoms with van der Waals surface area (Å²) in [5.74, 6) is 0.819. The largest absolute Gasteiger partial charge is 0.378 e. The van der Waals surface area contributed by atoms with Crippen LogP contribution in [-0.4, -0.2) is 47.4 Å². The molecular formula is C72H112N2O3S4. The molecule has 2 atom stereocenters. The molecule has 2 aliphatic rings. The van der Waals surface area contributed by atoms with Gasteiger partial charge in [0.1, 0.15) is 0 Å². The molecule has 0 radical (unpaired) electrons. The number of hydrogen-bond donors (Lipinski definition) is 0. The Balaban J connectivity index is 1.02. The van der Waals surface area contributed by atoms with Crippen molar-refractivity contribution in [1.29, 1.82) is 0 Å². The number of hydrogen-bond acceptors (Lipinski definition) is 7. The fourth-order valence-corrected chi connectivity index (χ4v) is 16.6. The van der Waals surface area contributed by atoms with Gasteiger partial charge in [0.25, 0.3) is 11.8 Å². The number of rotatable bonds is 49. The molecule has 0 aliphatic carbocycles. The monoisotopic (exact) mass is 1180 g/mol. The minimum atomic E-state index is 0.0165. The number of carbonyl (C=O) groups is 2. The first-order valence-corrected chi connectivity index (χ1v) is 37.1. The van der Waals surface area contributed by atoms with Gasteiger partial charge in [-0.3, -0.25) is 9.59 Å². The Kier molecular flexibility index (Phi) is 33.0. The van der Waals surface area contributed by atoms with Crippen molar-refractivity contribution in [1.82, 2.24) is 9.80 Å². The van der Waals surface area contributed by atoms with Crippen LogP contribution in [0, 0.1) is 12.8 Å². The smallest absolute Gasteiger partial charge is 0.261 e. The summed E-state index contributed by atoms with van der Waals surface area (Å²) in [6.45, 7) is 15.8. The lowest BCUT2D eigenvalue weighted by Crippen LogP contribution is -2.30. The number of aryl methyl sites for hydroxylation is 1. The van der Waals surface area contributed by atoms with Crippen LogP contribution < -0.4 is 0 Å². The van der Waals surface area contributed by atoms with Gasteiger partial charge >= 0.3 is 0 Å². The summed E-state index contributed by atoms with van der Waals surface area (Å²) in [5, 5.41) is 0. The molecule has 2 amide bonds. The van der Waals surface area contributed by atoms with E-state index < -0.39 is 0 Å². The predicted molar refractivity (Wildman–Crippen MR) is 358 cm³/mol. The first-order chi connectivity index (χ1) is 39.7. The Morgan fingerprint density at radius 3 is 1.14 bits per heavy atom. The lowest BCUT2D eigenvalue weighted by molar-refractivity contribution is -0.124. The molecule has 4 aromatic rings. The van der Waals surface area contributed by atoms with Gasteiger partial charge in [-0.1, -0.05) is 246 Å². The number of carbonyl (C=O) groups excluding carboxylic acids is 2. The highest BCUT2D eigenvalue weighted by atomic mass is 32.1. The summed E-state index contributed by atoms with van der Waals surface area (Å²) in [4.78, 5) is 43.4. The molecule has 6 rings (SSSR count). The highest BCUT2D eigenvalue weighted by molar-refractivity contribution is 7.28. The maximum atomic E-state index is 14.8. The van der Waals surface area contributed by atoms with Crippen LogP contribution in [0.3, 0.4) is 0 Å². The zero-order valence-corrected chi connectivity index (χ0v) is 55.5. The third-order valence-electron chi connectivity index (χ3n) is 17.5. The van der Waals surface area contributed by atoms with Crippen molar-refractivity contribution in [3.8, 4) is 29.3 Å². The Morgan fingerprint density at radius 1 is 0.370 bits per heavy atom. The fraction of sp³-hybridized carbons (Fsp3) is 0.694. The molecule has 4 aromatic heterocycles. The summed E-state index contributed by atoms with van der Waals surface area (Å²) >= 11 is 7.28. The zero-order chi connectivity index (χ0) is 57.3. The normalized spacial score (nSPS) is 14.5. The van der Waals surface area contributed by atoms with Crippen molar-refractivity contribution in [3.63, 3.8) is 0 Å². The van der Waals surface area contributed by atoms with Crippen molar-refractivity contribution in [2.75, 3.05) is 19.7 Å². The lowest BCUT2D eigenvalue weighted by Gasteiger charge is -2.23. The van der Waals surface area contributed by atoms with Crippen LogP contribution in [0.1, 0.15) is 295 Å². The van der Waals surface area contributed by atoms with E-state index in [1.165, 1.54) is 246 Å². The van der Waals surface area contributed by atoms with Crippen LogP contribution in [0.15, 0.2) is 65.4 Å². The van der Waals surface area contributed by atoms with Gasteiger partial charge in [0.05, 0.1) is 27.8 Å². The number of ether oxygens (including phenoxy) is 1. The van der Waals surface area contributed by atoms with Crippen molar-refractivity contribution in [2.24, 2.45) is 5.92 Å². The molecule has 0 bridgehead atoms. The summed E-state index contributed by atoms with van der Waals surface area (Å²) in [5.41, 5.74) is 2.98. The van der Waals surface area contributed by atoms with Crippen LogP contribution in [0.4, 0.5) is 0 Å². The molecule has 0 aromatic carbocycles. The van der Waals surface area contributed by atoms with Crippen molar-refractivity contribution in [3.05, 3.63) is 75.1 Å². The Morgan fingerprint density at radius 2 is 0.704 bits per heavy atom. The summed E-state index contributed by atoms with van der Waals surface area (Å²) < 4.78 is 6.62. The average molecular weight is 1180 g/mol. The van der Waals surface area contributed by atoms with E-state index in [0.29, 0.717) is 30.3 Å². The second-order valence-electron chi connectivity index (χ2n) is 24.6. The topological polar surface area (TPSA) is 49.9 Å². The molecule has 9 heteroatoms. The third-order valence-corrected chi connectivity index (χ3v) is 22.3. The first kappa shape index (κ1) is 67.3. The van der Waals surface area contributed by atoms with Crippen LogP contribution in [0.5, 0.6) is 0 Å². The van der Waals surface area contributed by atoms with E-state index in [1.54, 1.807) is 11.3 Å². The van der Waals surface area contributed by atoms with Gasteiger partial charge in [0.2, 0.25) is 0 Å². The second kappa shape index (κ2) is 39.7.